The lowest BCUT2D eigenvalue weighted by atomic mass is 9.93. The van der Waals surface area contributed by atoms with Crippen molar-refractivity contribution in [2.24, 2.45) is 0 Å². The van der Waals surface area contributed by atoms with Crippen molar-refractivity contribution < 1.29 is 9.13 Å². The van der Waals surface area contributed by atoms with E-state index in [1.54, 1.807) is 6.07 Å². The Bertz CT molecular complexity index is 391. The lowest BCUT2D eigenvalue weighted by Gasteiger charge is -2.28. The first-order valence-electron chi connectivity index (χ1n) is 6.42. The average Bonchev–Trinajstić information content (AvgIpc) is 2.40. The van der Waals surface area contributed by atoms with Crippen molar-refractivity contribution >= 4 is 11.6 Å². The summed E-state index contributed by atoms with van der Waals surface area (Å²) < 4.78 is 18.9. The van der Waals surface area contributed by atoms with Gasteiger partial charge in [0.25, 0.3) is 0 Å². The van der Waals surface area contributed by atoms with Gasteiger partial charge in [0.05, 0.1) is 12.7 Å². The molecule has 1 saturated carbocycles. The van der Waals surface area contributed by atoms with Gasteiger partial charge in [-0.3, -0.25) is 0 Å². The van der Waals surface area contributed by atoms with Crippen LogP contribution >= 0.6 is 11.6 Å². The van der Waals surface area contributed by atoms with Crippen molar-refractivity contribution in [1.82, 2.24) is 5.32 Å². The highest BCUT2D eigenvalue weighted by atomic mass is 35.5. The molecular weight excluding hydrogens is 253 g/mol. The maximum Gasteiger partial charge on any atom is 0.123 e. The number of rotatable bonds is 4. The predicted molar refractivity (Wildman–Crippen MR) is 71.3 cm³/mol. The molecule has 0 unspecified atom stereocenters. The van der Waals surface area contributed by atoms with Crippen LogP contribution in [0.15, 0.2) is 18.2 Å². The molecule has 0 atom stereocenters. The zero-order valence-electron chi connectivity index (χ0n) is 10.6. The summed E-state index contributed by atoms with van der Waals surface area (Å²) in [5, 5.41) is 3.86. The molecule has 1 aromatic rings. The van der Waals surface area contributed by atoms with E-state index in [9.17, 15) is 4.39 Å². The molecule has 1 aromatic carbocycles. The second kappa shape index (κ2) is 6.50. The molecule has 100 valence electrons. The Balaban J connectivity index is 1.83. The van der Waals surface area contributed by atoms with E-state index in [4.69, 9.17) is 16.3 Å². The van der Waals surface area contributed by atoms with E-state index in [1.165, 1.54) is 12.1 Å². The molecule has 1 fully saturated rings. The van der Waals surface area contributed by atoms with Crippen molar-refractivity contribution in [3.05, 3.63) is 34.6 Å². The Hall–Kier alpha value is -0.640. The standard InChI is InChI=1S/C14H19ClFNO/c1-17-12-3-5-13(6-4-12)18-9-10-8-11(16)2-7-14(10)15/h2,7-8,12-13,17H,3-6,9H2,1H3. The fourth-order valence-electron chi connectivity index (χ4n) is 2.38. The van der Waals surface area contributed by atoms with E-state index in [0.29, 0.717) is 17.7 Å². The zero-order valence-corrected chi connectivity index (χ0v) is 11.3. The lowest BCUT2D eigenvalue weighted by molar-refractivity contribution is 0.0118. The zero-order chi connectivity index (χ0) is 13.0. The summed E-state index contributed by atoms with van der Waals surface area (Å²) in [6, 6.07) is 5.00. The molecule has 2 nitrogen and oxygen atoms in total. The molecule has 2 rings (SSSR count). The Morgan fingerprint density at radius 1 is 1.33 bits per heavy atom. The van der Waals surface area contributed by atoms with Crippen molar-refractivity contribution in [2.45, 2.75) is 44.4 Å². The van der Waals surface area contributed by atoms with Crippen LogP contribution in [0.5, 0.6) is 0 Å². The minimum absolute atomic E-state index is 0.267. The Morgan fingerprint density at radius 3 is 2.72 bits per heavy atom. The highest BCUT2D eigenvalue weighted by Gasteiger charge is 2.20. The van der Waals surface area contributed by atoms with Crippen LogP contribution in [0.2, 0.25) is 5.02 Å². The largest absolute Gasteiger partial charge is 0.373 e. The SMILES string of the molecule is CNC1CCC(OCc2cc(F)ccc2Cl)CC1. The second-order valence-corrected chi connectivity index (χ2v) is 5.22. The fourth-order valence-corrected chi connectivity index (χ4v) is 2.55. The van der Waals surface area contributed by atoms with Gasteiger partial charge in [0.1, 0.15) is 5.82 Å². The Kier molecular flexibility index (Phi) is 4.98. The third-order valence-corrected chi connectivity index (χ3v) is 3.93. The van der Waals surface area contributed by atoms with Crippen LogP contribution in [-0.2, 0) is 11.3 Å². The van der Waals surface area contributed by atoms with Gasteiger partial charge < -0.3 is 10.1 Å². The van der Waals surface area contributed by atoms with E-state index in [1.807, 2.05) is 7.05 Å². The van der Waals surface area contributed by atoms with Crippen LogP contribution in [-0.4, -0.2) is 19.2 Å². The molecule has 1 aliphatic carbocycles. The van der Waals surface area contributed by atoms with Gasteiger partial charge in [-0.25, -0.2) is 4.39 Å². The summed E-state index contributed by atoms with van der Waals surface area (Å²) >= 11 is 6.00. The number of nitrogens with one attached hydrogen (secondary N) is 1. The van der Waals surface area contributed by atoms with Gasteiger partial charge in [-0.2, -0.15) is 0 Å². The topological polar surface area (TPSA) is 21.3 Å². The minimum Gasteiger partial charge on any atom is -0.373 e. The lowest BCUT2D eigenvalue weighted by Crippen LogP contribution is -2.32. The summed E-state index contributed by atoms with van der Waals surface area (Å²) in [6.45, 7) is 0.394. The molecule has 1 N–H and O–H groups in total. The summed E-state index contributed by atoms with van der Waals surface area (Å²) in [5.41, 5.74) is 0.729. The molecule has 0 heterocycles. The van der Waals surface area contributed by atoms with Crippen LogP contribution in [0, 0.1) is 5.82 Å². The van der Waals surface area contributed by atoms with E-state index in [0.717, 1.165) is 31.2 Å². The number of hydrogen-bond donors (Lipinski definition) is 1. The second-order valence-electron chi connectivity index (χ2n) is 4.81. The van der Waals surface area contributed by atoms with Gasteiger partial charge in [-0.1, -0.05) is 11.6 Å². The molecule has 0 bridgehead atoms. The van der Waals surface area contributed by atoms with Gasteiger partial charge in [0.15, 0.2) is 0 Å². The fraction of sp³-hybridized carbons (Fsp3) is 0.571. The maximum absolute atomic E-state index is 13.1. The monoisotopic (exact) mass is 271 g/mol. The average molecular weight is 272 g/mol. The third kappa shape index (κ3) is 3.67. The summed E-state index contributed by atoms with van der Waals surface area (Å²) in [4.78, 5) is 0. The third-order valence-electron chi connectivity index (χ3n) is 3.56. The molecule has 0 saturated heterocycles. The van der Waals surface area contributed by atoms with E-state index >= 15 is 0 Å². The first-order valence-corrected chi connectivity index (χ1v) is 6.79. The summed E-state index contributed by atoms with van der Waals surface area (Å²) in [6.07, 6.45) is 4.65. The van der Waals surface area contributed by atoms with Crippen LogP contribution in [0.3, 0.4) is 0 Å². The number of benzene rings is 1. The molecule has 0 amide bonds. The molecular formula is C14H19ClFNO. The number of hydrogen-bond acceptors (Lipinski definition) is 2. The van der Waals surface area contributed by atoms with Crippen LogP contribution in [0.25, 0.3) is 0 Å². The number of ether oxygens (including phenoxy) is 1. The van der Waals surface area contributed by atoms with Crippen molar-refractivity contribution in [3.63, 3.8) is 0 Å². The predicted octanol–water partition coefficient (Wildman–Crippen LogP) is 3.53. The van der Waals surface area contributed by atoms with E-state index in [-0.39, 0.29) is 11.9 Å². The van der Waals surface area contributed by atoms with Crippen molar-refractivity contribution in [1.29, 1.82) is 0 Å². The van der Waals surface area contributed by atoms with E-state index in [2.05, 4.69) is 5.32 Å². The first-order chi connectivity index (χ1) is 8.69. The van der Waals surface area contributed by atoms with Gasteiger partial charge in [0.2, 0.25) is 0 Å². The molecule has 4 heteroatoms. The quantitative estimate of drug-likeness (QED) is 0.905. The number of halogens is 2. The molecule has 18 heavy (non-hydrogen) atoms. The first kappa shape index (κ1) is 13.8. The molecule has 1 aliphatic rings. The van der Waals surface area contributed by atoms with Crippen molar-refractivity contribution in [3.8, 4) is 0 Å². The Labute approximate surface area is 112 Å². The summed E-state index contributed by atoms with van der Waals surface area (Å²) in [5.74, 6) is -0.267. The Morgan fingerprint density at radius 2 is 2.06 bits per heavy atom. The highest BCUT2D eigenvalue weighted by molar-refractivity contribution is 6.31. The van der Waals surface area contributed by atoms with Crippen LogP contribution in [0.4, 0.5) is 4.39 Å². The molecule has 0 radical (unpaired) electrons. The van der Waals surface area contributed by atoms with Gasteiger partial charge >= 0.3 is 0 Å². The highest BCUT2D eigenvalue weighted by Crippen LogP contribution is 2.24. The van der Waals surface area contributed by atoms with Crippen molar-refractivity contribution in [2.75, 3.05) is 7.05 Å². The van der Waals surface area contributed by atoms with Crippen LogP contribution in [0.1, 0.15) is 31.2 Å². The molecule has 0 spiro atoms. The maximum atomic E-state index is 13.1. The smallest absolute Gasteiger partial charge is 0.123 e. The normalized spacial score (nSPS) is 24.2. The van der Waals surface area contributed by atoms with Gasteiger partial charge in [-0.15, -0.1) is 0 Å². The van der Waals surface area contributed by atoms with Gasteiger partial charge in [0, 0.05) is 11.1 Å². The minimum atomic E-state index is -0.267. The molecule has 0 aliphatic heterocycles. The summed E-state index contributed by atoms with van der Waals surface area (Å²) in [7, 11) is 2.00. The van der Waals surface area contributed by atoms with E-state index < -0.39 is 0 Å². The molecule has 0 aromatic heterocycles. The van der Waals surface area contributed by atoms with Crippen LogP contribution < -0.4 is 5.32 Å². The van der Waals surface area contributed by atoms with Gasteiger partial charge in [-0.05, 0) is 56.5 Å².